The Balaban J connectivity index is 1.64. The summed E-state index contributed by atoms with van der Waals surface area (Å²) in [7, 11) is 0. The highest BCUT2D eigenvalue weighted by molar-refractivity contribution is 8.01. The molecule has 0 bridgehead atoms. The molecule has 0 N–H and O–H groups in total. The van der Waals surface area contributed by atoms with Gasteiger partial charge in [-0.25, -0.2) is 0 Å². The van der Waals surface area contributed by atoms with Crippen molar-refractivity contribution in [1.82, 2.24) is 0 Å². The van der Waals surface area contributed by atoms with Gasteiger partial charge >= 0.3 is 0 Å². The molecular formula is C19H21NS2. The molecule has 1 nitrogen and oxygen atoms in total. The lowest BCUT2D eigenvalue weighted by atomic mass is 9.79. The molecule has 0 spiro atoms. The minimum Gasteiger partial charge on any atom is -0.311 e. The maximum absolute atomic E-state index is 2.58. The van der Waals surface area contributed by atoms with E-state index < -0.39 is 0 Å². The van der Waals surface area contributed by atoms with Crippen molar-refractivity contribution in [2.24, 2.45) is 5.41 Å². The van der Waals surface area contributed by atoms with Gasteiger partial charge in [0.1, 0.15) is 0 Å². The average molecular weight is 328 g/mol. The van der Waals surface area contributed by atoms with Crippen molar-refractivity contribution in [2.45, 2.75) is 38.5 Å². The topological polar surface area (TPSA) is 3.24 Å². The van der Waals surface area contributed by atoms with Crippen LogP contribution in [0.2, 0.25) is 0 Å². The monoisotopic (exact) mass is 327 g/mol. The molecule has 1 aromatic carbocycles. The molecule has 4 rings (SSSR count). The molecule has 22 heavy (non-hydrogen) atoms. The molecule has 0 radical (unpaired) electrons. The van der Waals surface area contributed by atoms with Gasteiger partial charge in [0.05, 0.1) is 17.0 Å². The number of hydrogen-bond donors (Lipinski definition) is 0. The molecular weight excluding hydrogens is 306 g/mol. The van der Waals surface area contributed by atoms with Crippen molar-refractivity contribution in [2.75, 3.05) is 4.31 Å². The van der Waals surface area contributed by atoms with Gasteiger partial charge in [-0.05, 0) is 60.0 Å². The first-order valence-corrected chi connectivity index (χ1v) is 9.55. The van der Waals surface area contributed by atoms with Crippen molar-refractivity contribution in [1.29, 1.82) is 0 Å². The smallest absolute Gasteiger partial charge is 0.0513 e. The third-order valence-electron chi connectivity index (χ3n) is 5.10. The quantitative estimate of drug-likeness (QED) is 0.665. The van der Waals surface area contributed by atoms with E-state index in [4.69, 9.17) is 0 Å². The number of anilines is 1. The second kappa shape index (κ2) is 5.17. The summed E-state index contributed by atoms with van der Waals surface area (Å²) < 4.78 is 2.58. The van der Waals surface area contributed by atoms with E-state index in [1.807, 2.05) is 23.3 Å². The van der Waals surface area contributed by atoms with Crippen LogP contribution in [0.4, 0.5) is 5.69 Å². The molecule has 0 saturated carbocycles. The second-order valence-corrected chi connectivity index (χ2v) is 8.93. The normalized spacial score (nSPS) is 25.7. The fourth-order valence-corrected chi connectivity index (χ4v) is 5.83. The van der Waals surface area contributed by atoms with Gasteiger partial charge in [-0.2, -0.15) is 0 Å². The predicted molar refractivity (Wildman–Crippen MR) is 99.7 cm³/mol. The lowest BCUT2D eigenvalue weighted by Crippen LogP contribution is -2.36. The highest BCUT2D eigenvalue weighted by atomic mass is 32.2. The van der Waals surface area contributed by atoms with Crippen LogP contribution >= 0.6 is 23.3 Å². The van der Waals surface area contributed by atoms with Gasteiger partial charge in [0.2, 0.25) is 0 Å². The van der Waals surface area contributed by atoms with Gasteiger partial charge in [0.25, 0.3) is 0 Å². The van der Waals surface area contributed by atoms with Crippen LogP contribution in [-0.4, -0.2) is 11.3 Å². The molecule has 2 aromatic rings. The molecule has 2 aliphatic heterocycles. The Kier molecular flexibility index (Phi) is 3.39. The molecule has 0 amide bonds. The third kappa shape index (κ3) is 2.14. The molecule has 1 fully saturated rings. The maximum Gasteiger partial charge on any atom is 0.0513 e. The van der Waals surface area contributed by atoms with Crippen molar-refractivity contribution in [3.63, 3.8) is 0 Å². The van der Waals surface area contributed by atoms with Crippen LogP contribution in [0.15, 0.2) is 41.8 Å². The minimum absolute atomic E-state index is 0.282. The van der Waals surface area contributed by atoms with E-state index in [-0.39, 0.29) is 5.41 Å². The number of rotatable bonds is 2. The summed E-state index contributed by atoms with van der Waals surface area (Å²) in [5, 5.41) is 2.68. The first kappa shape index (κ1) is 14.4. The summed E-state index contributed by atoms with van der Waals surface area (Å²) in [4.78, 5) is 1.35. The zero-order valence-electron chi connectivity index (χ0n) is 13.2. The Hall–Kier alpha value is -1.19. The molecule has 3 heterocycles. The third-order valence-corrected chi connectivity index (χ3v) is 7.61. The molecule has 2 atom stereocenters. The number of nitrogens with zero attached hydrogens (tertiary/aromatic N) is 1. The van der Waals surface area contributed by atoms with E-state index in [1.54, 1.807) is 5.56 Å². The van der Waals surface area contributed by atoms with E-state index in [0.29, 0.717) is 11.3 Å². The Morgan fingerprint density at radius 1 is 1.23 bits per heavy atom. The van der Waals surface area contributed by atoms with Gasteiger partial charge in [0.15, 0.2) is 0 Å². The van der Waals surface area contributed by atoms with Crippen molar-refractivity contribution < 1.29 is 0 Å². The average Bonchev–Trinajstić information content (AvgIpc) is 3.15. The SMILES string of the molecule is Cc1cccc2c1CC1N2SC(C=Cc2cccs2)C1(C)C. The maximum atomic E-state index is 2.58. The first-order chi connectivity index (χ1) is 10.6. The lowest BCUT2D eigenvalue weighted by Gasteiger charge is -2.28. The predicted octanol–water partition coefficient (Wildman–Crippen LogP) is 5.56. The number of benzene rings is 1. The highest BCUT2D eigenvalue weighted by Gasteiger charge is 2.51. The molecule has 1 saturated heterocycles. The molecule has 3 heteroatoms. The Bertz CT molecular complexity index is 715. The summed E-state index contributed by atoms with van der Waals surface area (Å²) in [6, 6.07) is 11.6. The molecule has 1 aromatic heterocycles. The molecule has 0 aliphatic carbocycles. The van der Waals surface area contributed by atoms with Crippen LogP contribution in [0.5, 0.6) is 0 Å². The van der Waals surface area contributed by atoms with Crippen LogP contribution in [0.3, 0.4) is 0 Å². The van der Waals surface area contributed by atoms with E-state index in [0.717, 1.165) is 0 Å². The summed E-state index contributed by atoms with van der Waals surface area (Å²) in [6.45, 7) is 7.09. The van der Waals surface area contributed by atoms with Crippen LogP contribution in [0.25, 0.3) is 6.08 Å². The van der Waals surface area contributed by atoms with Gasteiger partial charge in [0, 0.05) is 10.3 Å². The zero-order chi connectivity index (χ0) is 15.3. The van der Waals surface area contributed by atoms with E-state index >= 15 is 0 Å². The summed E-state index contributed by atoms with van der Waals surface area (Å²) in [5.74, 6) is 0. The highest BCUT2D eigenvalue weighted by Crippen LogP contribution is 2.55. The van der Waals surface area contributed by atoms with Crippen molar-refractivity contribution in [3.8, 4) is 0 Å². The number of fused-ring (bicyclic) bond motifs is 3. The second-order valence-electron chi connectivity index (χ2n) is 6.84. The largest absolute Gasteiger partial charge is 0.311 e. The van der Waals surface area contributed by atoms with E-state index in [1.165, 1.54) is 22.5 Å². The molecule has 114 valence electrons. The number of thiophene rings is 1. The fraction of sp³-hybridized carbons (Fsp3) is 0.368. The van der Waals surface area contributed by atoms with Gasteiger partial charge < -0.3 is 4.31 Å². The fourth-order valence-electron chi connectivity index (χ4n) is 3.60. The van der Waals surface area contributed by atoms with Gasteiger partial charge in [-0.15, -0.1) is 11.3 Å². The molecule has 2 unspecified atom stereocenters. The minimum atomic E-state index is 0.282. The summed E-state index contributed by atoms with van der Waals surface area (Å²) >= 11 is 3.82. The summed E-state index contributed by atoms with van der Waals surface area (Å²) in [6.07, 6.45) is 5.89. The van der Waals surface area contributed by atoms with Crippen LogP contribution < -0.4 is 4.31 Å². The van der Waals surface area contributed by atoms with Crippen LogP contribution in [0.1, 0.15) is 29.9 Å². The van der Waals surface area contributed by atoms with Crippen molar-refractivity contribution in [3.05, 3.63) is 57.8 Å². The first-order valence-electron chi connectivity index (χ1n) is 7.83. The van der Waals surface area contributed by atoms with Gasteiger partial charge in [-0.3, -0.25) is 0 Å². The lowest BCUT2D eigenvalue weighted by molar-refractivity contribution is 0.329. The van der Waals surface area contributed by atoms with Crippen LogP contribution in [-0.2, 0) is 6.42 Å². The zero-order valence-corrected chi connectivity index (χ0v) is 14.9. The Labute approximate surface area is 141 Å². The summed E-state index contributed by atoms with van der Waals surface area (Å²) in [5.41, 5.74) is 4.71. The Morgan fingerprint density at radius 2 is 2.09 bits per heavy atom. The van der Waals surface area contributed by atoms with E-state index in [9.17, 15) is 0 Å². The standard InChI is InChI=1S/C19H21NS2/c1-13-6-4-8-16-15(13)12-17-19(2,3)18(22-20(16)17)10-9-14-7-5-11-21-14/h4-11,17-18H,12H2,1-3H3. The van der Waals surface area contributed by atoms with Gasteiger partial charge in [-0.1, -0.05) is 38.1 Å². The van der Waals surface area contributed by atoms with Crippen molar-refractivity contribution >= 4 is 35.0 Å². The van der Waals surface area contributed by atoms with Crippen LogP contribution in [0, 0.1) is 12.3 Å². The number of hydrogen-bond acceptors (Lipinski definition) is 3. The molecule has 2 aliphatic rings. The number of aryl methyl sites for hydroxylation is 1. The van der Waals surface area contributed by atoms with E-state index in [2.05, 4.69) is 72.9 Å². The Morgan fingerprint density at radius 3 is 2.86 bits per heavy atom.